The number of hydrogen-bond donors (Lipinski definition) is 2. The first-order valence-corrected chi connectivity index (χ1v) is 11.2. The van der Waals surface area contributed by atoms with Gasteiger partial charge in [0, 0.05) is 30.9 Å². The van der Waals surface area contributed by atoms with Gasteiger partial charge in [0.2, 0.25) is 5.62 Å². The molecule has 0 unspecified atom stereocenters. The number of aliphatic hydroxyl groups excluding tert-OH is 1. The van der Waals surface area contributed by atoms with Crippen LogP contribution in [0.2, 0.25) is 0 Å². The number of aliphatic hydroxyl groups is 1. The molecule has 4 aromatic rings. The highest BCUT2D eigenvalue weighted by atomic mass is 32.1. The Morgan fingerprint density at radius 2 is 2.19 bits per heavy atom. The number of carbonyl (C=O) groups is 2. The highest BCUT2D eigenvalue weighted by Gasteiger charge is 2.21. The van der Waals surface area contributed by atoms with Crippen LogP contribution in [0.15, 0.2) is 46.9 Å². The minimum absolute atomic E-state index is 0.0217. The Morgan fingerprint density at radius 3 is 3.03 bits per heavy atom. The predicted octanol–water partition coefficient (Wildman–Crippen LogP) is 2.07. The monoisotopic (exact) mass is 451 g/mol. The number of nitrogens with zero attached hydrogens (tertiary/aromatic N) is 4. The maximum absolute atomic E-state index is 12.9. The fourth-order valence-electron chi connectivity index (χ4n) is 3.82. The molecule has 0 aliphatic carbocycles. The lowest BCUT2D eigenvalue weighted by Gasteiger charge is -2.26. The molecular weight excluding hydrogens is 430 g/mol. The normalized spacial score (nSPS) is 15.2. The largest absolute Gasteiger partial charge is 0.396 e. The minimum atomic E-state index is -0.382. The number of morpholine rings is 1. The molecule has 1 fully saturated rings. The van der Waals surface area contributed by atoms with E-state index in [1.165, 1.54) is 11.3 Å². The lowest BCUT2D eigenvalue weighted by Crippen LogP contribution is -2.41. The third-order valence-corrected chi connectivity index (χ3v) is 6.21. The van der Waals surface area contributed by atoms with Crippen LogP contribution in [0.3, 0.4) is 0 Å². The SMILES string of the molecule is O=C(/N=c1\[nH]c2cc(N3CCOCC3=O)ccc2n1CCCO)c1ccc2scnc2c1. The summed E-state index contributed by atoms with van der Waals surface area (Å²) in [5.74, 6) is -0.472. The number of aryl methyl sites for hydroxylation is 1. The number of hydrogen-bond acceptors (Lipinski definition) is 6. The number of amides is 2. The first-order chi connectivity index (χ1) is 15.6. The van der Waals surface area contributed by atoms with E-state index in [1.807, 2.05) is 28.8 Å². The van der Waals surface area contributed by atoms with Crippen molar-refractivity contribution in [3.05, 3.63) is 53.1 Å². The van der Waals surface area contributed by atoms with Crippen LogP contribution in [0, 0.1) is 0 Å². The first-order valence-electron chi connectivity index (χ1n) is 10.3. The number of fused-ring (bicyclic) bond motifs is 2. The smallest absolute Gasteiger partial charge is 0.280 e. The molecule has 0 atom stereocenters. The van der Waals surface area contributed by atoms with Crippen LogP contribution >= 0.6 is 11.3 Å². The summed E-state index contributed by atoms with van der Waals surface area (Å²) in [6, 6.07) is 11.0. The van der Waals surface area contributed by atoms with Crippen molar-refractivity contribution in [3.8, 4) is 0 Å². The molecule has 3 heterocycles. The molecule has 0 bridgehead atoms. The van der Waals surface area contributed by atoms with Crippen molar-refractivity contribution in [2.75, 3.05) is 31.3 Å². The van der Waals surface area contributed by atoms with Crippen molar-refractivity contribution < 1.29 is 19.4 Å². The van der Waals surface area contributed by atoms with E-state index in [0.29, 0.717) is 37.3 Å². The molecule has 1 saturated heterocycles. The quantitative estimate of drug-likeness (QED) is 0.482. The van der Waals surface area contributed by atoms with Gasteiger partial charge in [-0.15, -0.1) is 11.3 Å². The van der Waals surface area contributed by atoms with Crippen molar-refractivity contribution in [2.24, 2.45) is 4.99 Å². The number of anilines is 1. The predicted molar refractivity (Wildman–Crippen MR) is 121 cm³/mol. The molecule has 2 aromatic carbocycles. The summed E-state index contributed by atoms with van der Waals surface area (Å²) >= 11 is 1.52. The molecule has 10 heteroatoms. The summed E-state index contributed by atoms with van der Waals surface area (Å²) in [4.78, 5) is 38.6. The number of aromatic nitrogens is 3. The Hall–Kier alpha value is -3.34. The number of nitrogens with one attached hydrogen (secondary N) is 1. The molecule has 164 valence electrons. The molecule has 32 heavy (non-hydrogen) atoms. The maximum atomic E-state index is 12.9. The molecule has 0 spiro atoms. The van der Waals surface area contributed by atoms with Gasteiger partial charge in [-0.1, -0.05) is 0 Å². The van der Waals surface area contributed by atoms with Gasteiger partial charge in [-0.3, -0.25) is 9.59 Å². The fraction of sp³-hybridized carbons (Fsp3) is 0.273. The third-order valence-electron chi connectivity index (χ3n) is 5.40. The number of carbonyl (C=O) groups excluding carboxylic acids is 2. The summed E-state index contributed by atoms with van der Waals surface area (Å²) in [5, 5.41) is 9.33. The van der Waals surface area contributed by atoms with E-state index in [-0.39, 0.29) is 25.0 Å². The standard InChI is InChI=1S/C22H21N5O4S/c28-8-1-6-27-18-4-3-15(26-7-9-31-12-20(26)29)11-16(18)24-22(27)25-21(30)14-2-5-19-17(10-14)23-13-32-19/h2-5,10-11,13,28H,1,6-9,12H2,(H,24,25,30). The van der Waals surface area contributed by atoms with Gasteiger partial charge in [-0.05, 0) is 42.8 Å². The van der Waals surface area contributed by atoms with E-state index in [4.69, 9.17) is 4.74 Å². The highest BCUT2D eigenvalue weighted by Crippen LogP contribution is 2.22. The van der Waals surface area contributed by atoms with Gasteiger partial charge < -0.3 is 24.3 Å². The van der Waals surface area contributed by atoms with Crippen molar-refractivity contribution >= 4 is 50.1 Å². The highest BCUT2D eigenvalue weighted by molar-refractivity contribution is 7.16. The zero-order valence-corrected chi connectivity index (χ0v) is 18.0. The molecule has 1 aliphatic rings. The van der Waals surface area contributed by atoms with E-state index < -0.39 is 0 Å². The van der Waals surface area contributed by atoms with Gasteiger partial charge in [0.1, 0.15) is 6.61 Å². The number of aromatic amines is 1. The van der Waals surface area contributed by atoms with Crippen molar-refractivity contribution in [3.63, 3.8) is 0 Å². The van der Waals surface area contributed by atoms with Gasteiger partial charge in [0.15, 0.2) is 0 Å². The molecule has 5 rings (SSSR count). The van der Waals surface area contributed by atoms with E-state index in [1.54, 1.807) is 22.5 Å². The van der Waals surface area contributed by atoms with Gasteiger partial charge in [0.05, 0.1) is 33.4 Å². The van der Waals surface area contributed by atoms with Crippen LogP contribution in [0.4, 0.5) is 5.69 Å². The Kier molecular flexibility index (Phi) is 5.56. The number of H-pyrrole nitrogens is 1. The summed E-state index contributed by atoms with van der Waals surface area (Å²) in [6.45, 7) is 1.56. The summed E-state index contributed by atoms with van der Waals surface area (Å²) in [7, 11) is 0. The Bertz CT molecular complexity index is 1390. The molecule has 1 aliphatic heterocycles. The Morgan fingerprint density at radius 1 is 1.28 bits per heavy atom. The Labute approximate surface area is 186 Å². The number of rotatable bonds is 5. The zero-order valence-electron chi connectivity index (χ0n) is 17.2. The maximum Gasteiger partial charge on any atom is 0.280 e. The van der Waals surface area contributed by atoms with Crippen LogP contribution < -0.4 is 10.5 Å². The topological polar surface area (TPSA) is 113 Å². The molecule has 0 saturated carbocycles. The van der Waals surface area contributed by atoms with Gasteiger partial charge in [-0.25, -0.2) is 4.98 Å². The average Bonchev–Trinajstić information content (AvgIpc) is 3.41. The summed E-state index contributed by atoms with van der Waals surface area (Å²) in [6.07, 6.45) is 0.517. The third kappa shape index (κ3) is 3.83. The van der Waals surface area contributed by atoms with Crippen LogP contribution in [0.1, 0.15) is 16.8 Å². The first kappa shape index (κ1) is 20.6. The lowest BCUT2D eigenvalue weighted by atomic mass is 10.2. The van der Waals surface area contributed by atoms with Crippen LogP contribution in [0.5, 0.6) is 0 Å². The van der Waals surface area contributed by atoms with Crippen molar-refractivity contribution in [2.45, 2.75) is 13.0 Å². The molecule has 2 amide bonds. The number of benzene rings is 2. The summed E-state index contributed by atoms with van der Waals surface area (Å²) < 4.78 is 8.09. The van der Waals surface area contributed by atoms with E-state index in [0.717, 1.165) is 26.9 Å². The van der Waals surface area contributed by atoms with Crippen LogP contribution in [-0.4, -0.2) is 57.8 Å². The molecule has 0 radical (unpaired) electrons. The van der Waals surface area contributed by atoms with Crippen LogP contribution in [0.25, 0.3) is 21.3 Å². The van der Waals surface area contributed by atoms with E-state index >= 15 is 0 Å². The average molecular weight is 452 g/mol. The minimum Gasteiger partial charge on any atom is -0.396 e. The zero-order chi connectivity index (χ0) is 22.1. The van der Waals surface area contributed by atoms with Gasteiger partial charge in [-0.2, -0.15) is 4.99 Å². The fourth-order valence-corrected chi connectivity index (χ4v) is 4.47. The molecular formula is C22H21N5O4S. The number of thiazole rings is 1. The Balaban J connectivity index is 1.56. The number of ether oxygens (including phenoxy) is 1. The number of imidazole rings is 1. The van der Waals surface area contributed by atoms with Crippen molar-refractivity contribution in [1.29, 1.82) is 0 Å². The van der Waals surface area contributed by atoms with E-state index in [2.05, 4.69) is 15.0 Å². The lowest BCUT2D eigenvalue weighted by molar-refractivity contribution is -0.125. The van der Waals surface area contributed by atoms with Gasteiger partial charge in [0.25, 0.3) is 11.8 Å². The van der Waals surface area contributed by atoms with Crippen molar-refractivity contribution in [1.82, 2.24) is 14.5 Å². The molecule has 9 nitrogen and oxygen atoms in total. The molecule has 2 N–H and O–H groups in total. The molecule has 2 aromatic heterocycles. The van der Waals surface area contributed by atoms with E-state index in [9.17, 15) is 14.7 Å². The van der Waals surface area contributed by atoms with Crippen LogP contribution in [-0.2, 0) is 16.1 Å². The second kappa shape index (κ2) is 8.65. The summed E-state index contributed by atoms with van der Waals surface area (Å²) in [5.41, 5.74) is 5.70. The second-order valence-electron chi connectivity index (χ2n) is 7.43. The second-order valence-corrected chi connectivity index (χ2v) is 8.31. The van der Waals surface area contributed by atoms with Gasteiger partial charge >= 0.3 is 0 Å².